The molecule has 0 radical (unpaired) electrons. The molecule has 94 valence electrons. The molecule has 1 amide bonds. The van der Waals surface area contributed by atoms with Crippen molar-refractivity contribution in [1.82, 2.24) is 5.32 Å². The first kappa shape index (κ1) is 14.1. The van der Waals surface area contributed by atoms with E-state index in [-0.39, 0.29) is 18.9 Å². The van der Waals surface area contributed by atoms with Crippen molar-refractivity contribution in [2.24, 2.45) is 0 Å². The first-order chi connectivity index (χ1) is 8.02. The summed E-state index contributed by atoms with van der Waals surface area (Å²) in [6, 6.07) is 3.48. The first-order valence-electron chi connectivity index (χ1n) is 4.81. The molecule has 0 bridgehead atoms. The van der Waals surface area contributed by atoms with Crippen LogP contribution in [0, 0.1) is 0 Å². The summed E-state index contributed by atoms with van der Waals surface area (Å²) in [5.41, 5.74) is 0. The van der Waals surface area contributed by atoms with Gasteiger partial charge < -0.3 is 15.2 Å². The third kappa shape index (κ3) is 4.84. The number of hydrogen-bond acceptors (Lipinski definition) is 4. The zero-order valence-corrected chi connectivity index (χ0v) is 11.5. The summed E-state index contributed by atoms with van der Waals surface area (Å²) in [5.74, 6) is -1.18. The van der Waals surface area contributed by atoms with Crippen LogP contribution in [0.4, 0.5) is 0 Å². The standard InChI is InChI=1S/C10H12BrNO4S/c1-16-6(4-9(13)14)5-12-10(15)7-2-3-8(11)17-7/h2-3,6H,4-5H2,1H3,(H,12,15)(H,13,14). The van der Waals surface area contributed by atoms with Crippen molar-refractivity contribution in [3.05, 3.63) is 20.8 Å². The molecule has 0 aliphatic rings. The number of carbonyl (C=O) groups excluding carboxylic acids is 1. The smallest absolute Gasteiger partial charge is 0.306 e. The quantitative estimate of drug-likeness (QED) is 0.836. The van der Waals surface area contributed by atoms with Crippen molar-refractivity contribution in [1.29, 1.82) is 0 Å². The van der Waals surface area contributed by atoms with Crippen LogP contribution in [0.25, 0.3) is 0 Å². The third-order valence-corrected chi connectivity index (χ3v) is 3.65. The van der Waals surface area contributed by atoms with Crippen LogP contribution in [-0.4, -0.2) is 36.7 Å². The van der Waals surface area contributed by atoms with E-state index in [0.29, 0.717) is 4.88 Å². The Hall–Kier alpha value is -0.920. The lowest BCUT2D eigenvalue weighted by molar-refractivity contribution is -0.139. The summed E-state index contributed by atoms with van der Waals surface area (Å²) in [7, 11) is 1.42. The fourth-order valence-electron chi connectivity index (χ4n) is 1.16. The van der Waals surface area contributed by atoms with Gasteiger partial charge in [-0.25, -0.2) is 0 Å². The topological polar surface area (TPSA) is 75.6 Å². The zero-order valence-electron chi connectivity index (χ0n) is 9.10. The Morgan fingerprint density at radius 2 is 2.29 bits per heavy atom. The number of aliphatic carboxylic acids is 1. The van der Waals surface area contributed by atoms with Gasteiger partial charge in [-0.2, -0.15) is 0 Å². The van der Waals surface area contributed by atoms with Gasteiger partial charge in [-0.1, -0.05) is 0 Å². The second kappa shape index (κ2) is 6.73. The van der Waals surface area contributed by atoms with Crippen LogP contribution in [0.5, 0.6) is 0 Å². The number of carbonyl (C=O) groups is 2. The molecular weight excluding hydrogens is 310 g/mol. The third-order valence-electron chi connectivity index (χ3n) is 2.02. The normalized spacial score (nSPS) is 12.1. The van der Waals surface area contributed by atoms with Gasteiger partial charge in [0.1, 0.15) is 0 Å². The number of thiophene rings is 1. The summed E-state index contributed by atoms with van der Waals surface area (Å²) >= 11 is 4.58. The van der Waals surface area contributed by atoms with Crippen LogP contribution < -0.4 is 5.32 Å². The molecule has 7 heteroatoms. The Balaban J connectivity index is 2.44. The van der Waals surface area contributed by atoms with Crippen molar-refractivity contribution in [3.8, 4) is 0 Å². The highest BCUT2D eigenvalue weighted by atomic mass is 79.9. The molecule has 0 saturated carbocycles. The molecule has 0 fully saturated rings. The van der Waals surface area contributed by atoms with Gasteiger partial charge in [0.2, 0.25) is 0 Å². The Morgan fingerprint density at radius 1 is 1.59 bits per heavy atom. The van der Waals surface area contributed by atoms with Gasteiger partial charge in [0, 0.05) is 13.7 Å². The number of amides is 1. The Bertz CT molecular complexity index is 407. The number of carboxylic acids is 1. The molecule has 17 heavy (non-hydrogen) atoms. The molecular formula is C10H12BrNO4S. The van der Waals surface area contributed by atoms with Crippen LogP contribution in [0.2, 0.25) is 0 Å². The van der Waals surface area contributed by atoms with Gasteiger partial charge in [-0.05, 0) is 28.1 Å². The lowest BCUT2D eigenvalue weighted by atomic mass is 10.2. The number of carboxylic acid groups (broad SMARTS) is 1. The van der Waals surface area contributed by atoms with Crippen molar-refractivity contribution in [3.63, 3.8) is 0 Å². The predicted octanol–water partition coefficient (Wildman–Crippen LogP) is 1.73. The lowest BCUT2D eigenvalue weighted by Crippen LogP contribution is -2.34. The van der Waals surface area contributed by atoms with Crippen LogP contribution in [0.1, 0.15) is 16.1 Å². The Labute approximate surface area is 111 Å². The van der Waals surface area contributed by atoms with E-state index in [1.54, 1.807) is 12.1 Å². The zero-order chi connectivity index (χ0) is 12.8. The highest BCUT2D eigenvalue weighted by Gasteiger charge is 2.15. The molecule has 1 aromatic heterocycles. The predicted molar refractivity (Wildman–Crippen MR) is 67.4 cm³/mol. The number of ether oxygens (including phenoxy) is 1. The fraction of sp³-hybridized carbons (Fsp3) is 0.400. The number of halogens is 1. The molecule has 5 nitrogen and oxygen atoms in total. The fourth-order valence-corrected chi connectivity index (χ4v) is 2.47. The molecule has 1 aromatic rings. The molecule has 0 saturated heterocycles. The number of methoxy groups -OCH3 is 1. The minimum Gasteiger partial charge on any atom is -0.481 e. The van der Waals surface area contributed by atoms with Gasteiger partial charge in [0.05, 0.1) is 21.2 Å². The van der Waals surface area contributed by atoms with E-state index in [2.05, 4.69) is 21.2 Å². The minimum absolute atomic E-state index is 0.134. The molecule has 0 spiro atoms. The molecule has 1 rings (SSSR count). The summed E-state index contributed by atoms with van der Waals surface area (Å²) in [6.45, 7) is 0.178. The summed E-state index contributed by atoms with van der Waals surface area (Å²) in [6.07, 6.45) is -0.648. The monoisotopic (exact) mass is 321 g/mol. The summed E-state index contributed by atoms with van der Waals surface area (Å²) in [5, 5.41) is 11.2. The van der Waals surface area contributed by atoms with Crippen LogP contribution in [-0.2, 0) is 9.53 Å². The van der Waals surface area contributed by atoms with E-state index < -0.39 is 12.1 Å². The lowest BCUT2D eigenvalue weighted by Gasteiger charge is -2.13. The van der Waals surface area contributed by atoms with E-state index >= 15 is 0 Å². The van der Waals surface area contributed by atoms with Crippen molar-refractivity contribution in [2.75, 3.05) is 13.7 Å². The Kier molecular flexibility index (Phi) is 5.60. The maximum atomic E-state index is 11.6. The number of nitrogens with one attached hydrogen (secondary N) is 1. The number of rotatable bonds is 6. The minimum atomic E-state index is -0.954. The second-order valence-electron chi connectivity index (χ2n) is 3.27. The van der Waals surface area contributed by atoms with Crippen molar-refractivity contribution < 1.29 is 19.4 Å². The van der Waals surface area contributed by atoms with E-state index in [4.69, 9.17) is 9.84 Å². The van der Waals surface area contributed by atoms with Gasteiger partial charge >= 0.3 is 5.97 Å². The Morgan fingerprint density at radius 3 is 2.76 bits per heavy atom. The molecule has 0 aromatic carbocycles. The SMILES string of the molecule is COC(CNC(=O)c1ccc(Br)s1)CC(=O)O. The van der Waals surface area contributed by atoms with Gasteiger partial charge in [0.15, 0.2) is 0 Å². The average Bonchev–Trinajstić information content (AvgIpc) is 2.70. The van der Waals surface area contributed by atoms with E-state index in [9.17, 15) is 9.59 Å². The molecule has 2 N–H and O–H groups in total. The number of hydrogen-bond donors (Lipinski definition) is 2. The van der Waals surface area contributed by atoms with Crippen molar-refractivity contribution >= 4 is 39.1 Å². The summed E-state index contributed by atoms with van der Waals surface area (Å²) < 4.78 is 5.82. The van der Waals surface area contributed by atoms with Gasteiger partial charge in [-0.15, -0.1) is 11.3 Å². The van der Waals surface area contributed by atoms with Crippen LogP contribution in [0.3, 0.4) is 0 Å². The van der Waals surface area contributed by atoms with Crippen molar-refractivity contribution in [2.45, 2.75) is 12.5 Å². The molecule has 1 heterocycles. The average molecular weight is 322 g/mol. The van der Waals surface area contributed by atoms with Gasteiger partial charge in [0.25, 0.3) is 5.91 Å². The maximum Gasteiger partial charge on any atom is 0.306 e. The molecule has 0 aliphatic carbocycles. The molecule has 0 aliphatic heterocycles. The van der Waals surface area contributed by atoms with Gasteiger partial charge in [-0.3, -0.25) is 9.59 Å². The van der Waals surface area contributed by atoms with E-state index in [1.165, 1.54) is 18.4 Å². The van der Waals surface area contributed by atoms with Crippen LogP contribution >= 0.6 is 27.3 Å². The largest absolute Gasteiger partial charge is 0.481 e. The molecule has 1 unspecified atom stereocenters. The first-order valence-corrected chi connectivity index (χ1v) is 6.42. The highest BCUT2D eigenvalue weighted by Crippen LogP contribution is 2.21. The van der Waals surface area contributed by atoms with E-state index in [1.807, 2.05) is 0 Å². The highest BCUT2D eigenvalue weighted by molar-refractivity contribution is 9.11. The second-order valence-corrected chi connectivity index (χ2v) is 5.73. The summed E-state index contributed by atoms with van der Waals surface area (Å²) in [4.78, 5) is 22.7. The van der Waals surface area contributed by atoms with Crippen LogP contribution in [0.15, 0.2) is 15.9 Å². The molecule has 1 atom stereocenters. The van der Waals surface area contributed by atoms with E-state index in [0.717, 1.165) is 3.79 Å². The maximum absolute atomic E-state index is 11.6.